The lowest BCUT2D eigenvalue weighted by Crippen LogP contribution is -2.54. The lowest BCUT2D eigenvalue weighted by Gasteiger charge is -2.42. The SMILES string of the molecule is COc1ccc(CN2CCN(c3ccnc(-c4ncc[nH]4)n3)CC2CC(=O)NCCc2ccc3c(c2)OCCO3)cc1F. The van der Waals surface area contributed by atoms with Gasteiger partial charge in [0.2, 0.25) is 5.91 Å². The third-order valence-electron chi connectivity index (χ3n) is 7.64. The second kappa shape index (κ2) is 13.1. The number of anilines is 1. The number of aromatic amines is 1. The van der Waals surface area contributed by atoms with Crippen molar-refractivity contribution >= 4 is 11.7 Å². The van der Waals surface area contributed by atoms with Crippen molar-refractivity contribution in [2.45, 2.75) is 25.4 Å². The van der Waals surface area contributed by atoms with Gasteiger partial charge in [-0.05, 0) is 47.9 Å². The van der Waals surface area contributed by atoms with Crippen molar-refractivity contribution in [1.82, 2.24) is 30.2 Å². The Kier molecular flexibility index (Phi) is 8.64. The third-order valence-corrected chi connectivity index (χ3v) is 7.64. The number of hydrogen-bond donors (Lipinski definition) is 2. The normalized spacial score (nSPS) is 16.6. The van der Waals surface area contributed by atoms with Gasteiger partial charge in [0.25, 0.3) is 0 Å². The fraction of sp³-hybridized carbons (Fsp3) is 0.355. The fourth-order valence-electron chi connectivity index (χ4n) is 5.45. The van der Waals surface area contributed by atoms with Crippen molar-refractivity contribution < 1.29 is 23.4 Å². The van der Waals surface area contributed by atoms with E-state index >= 15 is 0 Å². The first-order chi connectivity index (χ1) is 21.1. The molecule has 0 radical (unpaired) electrons. The Morgan fingerprint density at radius 2 is 1.93 bits per heavy atom. The number of nitrogens with one attached hydrogen (secondary N) is 2. The van der Waals surface area contributed by atoms with E-state index < -0.39 is 5.82 Å². The molecule has 2 aliphatic heterocycles. The van der Waals surface area contributed by atoms with E-state index in [1.807, 2.05) is 30.3 Å². The Hall–Kier alpha value is -4.71. The molecule has 0 saturated carbocycles. The molecule has 2 N–H and O–H groups in total. The highest BCUT2D eigenvalue weighted by molar-refractivity contribution is 5.76. The highest BCUT2D eigenvalue weighted by atomic mass is 19.1. The van der Waals surface area contributed by atoms with Gasteiger partial charge in [-0.15, -0.1) is 0 Å². The fourth-order valence-corrected chi connectivity index (χ4v) is 5.45. The number of methoxy groups -OCH3 is 1. The van der Waals surface area contributed by atoms with E-state index in [9.17, 15) is 9.18 Å². The number of imidazole rings is 1. The third kappa shape index (κ3) is 6.86. The molecular weight excluding hydrogens is 553 g/mol. The Labute approximate surface area is 249 Å². The van der Waals surface area contributed by atoms with Crippen LogP contribution in [0.5, 0.6) is 17.2 Å². The number of fused-ring (bicyclic) bond motifs is 1. The number of piperazine rings is 1. The molecule has 43 heavy (non-hydrogen) atoms. The van der Waals surface area contributed by atoms with Gasteiger partial charge in [0, 0.05) is 63.8 Å². The van der Waals surface area contributed by atoms with Crippen LogP contribution in [0.4, 0.5) is 10.2 Å². The zero-order valence-electron chi connectivity index (χ0n) is 24.0. The van der Waals surface area contributed by atoms with Crippen molar-refractivity contribution in [1.29, 1.82) is 0 Å². The van der Waals surface area contributed by atoms with Crippen LogP contribution in [-0.4, -0.2) is 83.3 Å². The van der Waals surface area contributed by atoms with Crippen molar-refractivity contribution in [2.24, 2.45) is 0 Å². The number of hydrogen-bond acceptors (Lipinski definition) is 9. The predicted molar refractivity (Wildman–Crippen MR) is 158 cm³/mol. The molecule has 11 nitrogen and oxygen atoms in total. The molecule has 0 aliphatic carbocycles. The summed E-state index contributed by atoms with van der Waals surface area (Å²) in [6.45, 7) is 4.02. The van der Waals surface area contributed by atoms with Crippen molar-refractivity contribution in [3.8, 4) is 28.9 Å². The number of halogens is 1. The first-order valence-electron chi connectivity index (χ1n) is 14.3. The molecule has 4 aromatic rings. The summed E-state index contributed by atoms with van der Waals surface area (Å²) in [5.74, 6) is 3.11. The lowest BCUT2D eigenvalue weighted by molar-refractivity contribution is -0.122. The van der Waals surface area contributed by atoms with Crippen LogP contribution in [0.2, 0.25) is 0 Å². The van der Waals surface area contributed by atoms with E-state index in [0.29, 0.717) is 64.0 Å². The molecule has 224 valence electrons. The molecule has 1 saturated heterocycles. The van der Waals surface area contributed by atoms with Crippen LogP contribution < -0.4 is 24.4 Å². The first kappa shape index (κ1) is 28.4. The summed E-state index contributed by atoms with van der Waals surface area (Å²) < 4.78 is 30.8. The van der Waals surface area contributed by atoms with Gasteiger partial charge in [-0.25, -0.2) is 19.3 Å². The molecular formula is C31H34FN7O4. The zero-order valence-corrected chi connectivity index (χ0v) is 24.0. The van der Waals surface area contributed by atoms with Gasteiger partial charge in [0.15, 0.2) is 34.7 Å². The van der Waals surface area contributed by atoms with Crippen LogP contribution in [0.1, 0.15) is 17.5 Å². The minimum atomic E-state index is -0.404. The van der Waals surface area contributed by atoms with E-state index in [-0.39, 0.29) is 24.1 Å². The summed E-state index contributed by atoms with van der Waals surface area (Å²) in [5.41, 5.74) is 1.88. The number of carbonyl (C=O) groups is 1. The number of carbonyl (C=O) groups excluding carboxylic acids is 1. The number of H-pyrrole nitrogens is 1. The largest absolute Gasteiger partial charge is 0.494 e. The molecule has 2 aromatic carbocycles. The number of benzene rings is 2. The summed E-state index contributed by atoms with van der Waals surface area (Å²) in [6.07, 6.45) is 6.06. The monoisotopic (exact) mass is 587 g/mol. The van der Waals surface area contributed by atoms with Gasteiger partial charge in [-0.3, -0.25) is 9.69 Å². The minimum absolute atomic E-state index is 0.0470. The maximum Gasteiger partial charge on any atom is 0.221 e. The van der Waals surface area contributed by atoms with E-state index in [0.717, 1.165) is 28.4 Å². The second-order valence-corrected chi connectivity index (χ2v) is 10.5. The molecule has 2 aromatic heterocycles. The smallest absolute Gasteiger partial charge is 0.221 e. The second-order valence-electron chi connectivity index (χ2n) is 10.5. The molecule has 2 aliphatic rings. The molecule has 1 fully saturated rings. The average molecular weight is 588 g/mol. The van der Waals surface area contributed by atoms with Gasteiger partial charge in [-0.2, -0.15) is 0 Å². The molecule has 4 heterocycles. The van der Waals surface area contributed by atoms with Gasteiger partial charge < -0.3 is 29.4 Å². The van der Waals surface area contributed by atoms with Gasteiger partial charge in [0.05, 0.1) is 7.11 Å². The molecule has 1 unspecified atom stereocenters. The Balaban J connectivity index is 1.13. The van der Waals surface area contributed by atoms with Crippen molar-refractivity contribution in [3.63, 3.8) is 0 Å². The summed E-state index contributed by atoms with van der Waals surface area (Å²) in [4.78, 5) is 34.0. The number of amides is 1. The molecule has 0 bridgehead atoms. The van der Waals surface area contributed by atoms with E-state index in [2.05, 4.69) is 30.1 Å². The lowest BCUT2D eigenvalue weighted by atomic mass is 10.1. The minimum Gasteiger partial charge on any atom is -0.494 e. The summed E-state index contributed by atoms with van der Waals surface area (Å²) in [7, 11) is 1.45. The highest BCUT2D eigenvalue weighted by Gasteiger charge is 2.30. The Morgan fingerprint density at radius 1 is 1.07 bits per heavy atom. The van der Waals surface area contributed by atoms with E-state index in [1.54, 1.807) is 24.7 Å². The number of aromatic nitrogens is 4. The van der Waals surface area contributed by atoms with E-state index in [1.165, 1.54) is 13.2 Å². The standard InChI is InChI=1S/C31H34FN7O4/c1-41-25-4-3-22(16-24(25)32)19-38-12-13-39(28-7-9-34-31(37-28)30-35-10-11-36-30)20-23(38)18-29(40)33-8-6-21-2-5-26-27(17-21)43-15-14-42-26/h2-5,7,9-11,16-17,23H,6,8,12-15,18-20H2,1H3,(H,33,40)(H,35,36). The number of nitrogens with zero attached hydrogens (tertiary/aromatic N) is 5. The predicted octanol–water partition coefficient (Wildman–Crippen LogP) is 3.23. The molecule has 1 amide bonds. The summed E-state index contributed by atoms with van der Waals surface area (Å²) in [6, 6.07) is 12.6. The van der Waals surface area contributed by atoms with Crippen molar-refractivity contribution in [3.05, 3.63) is 78.0 Å². The highest BCUT2D eigenvalue weighted by Crippen LogP contribution is 2.31. The maximum absolute atomic E-state index is 14.5. The average Bonchev–Trinajstić information content (AvgIpc) is 3.57. The molecule has 12 heteroatoms. The number of ether oxygens (including phenoxy) is 3. The van der Waals surface area contributed by atoms with E-state index in [4.69, 9.17) is 19.2 Å². The van der Waals surface area contributed by atoms with Crippen LogP contribution in [0.25, 0.3) is 11.6 Å². The van der Waals surface area contributed by atoms with Crippen LogP contribution in [0.15, 0.2) is 61.1 Å². The summed E-state index contributed by atoms with van der Waals surface area (Å²) in [5, 5.41) is 3.08. The molecule has 6 rings (SSSR count). The Morgan fingerprint density at radius 3 is 2.74 bits per heavy atom. The van der Waals surface area contributed by atoms with Gasteiger partial charge >= 0.3 is 0 Å². The number of rotatable bonds is 10. The molecule has 0 spiro atoms. The van der Waals surface area contributed by atoms with Crippen LogP contribution in [0, 0.1) is 5.82 Å². The maximum atomic E-state index is 14.5. The molecule has 1 atom stereocenters. The first-order valence-corrected chi connectivity index (χ1v) is 14.3. The quantitative estimate of drug-likeness (QED) is 0.288. The van der Waals surface area contributed by atoms with Crippen LogP contribution >= 0.6 is 0 Å². The zero-order chi connectivity index (χ0) is 29.6. The summed E-state index contributed by atoms with van der Waals surface area (Å²) >= 11 is 0. The van der Waals surface area contributed by atoms with Gasteiger partial charge in [-0.1, -0.05) is 12.1 Å². The van der Waals surface area contributed by atoms with Gasteiger partial charge in [0.1, 0.15) is 19.0 Å². The van der Waals surface area contributed by atoms with Crippen LogP contribution in [0.3, 0.4) is 0 Å². The van der Waals surface area contributed by atoms with Crippen molar-refractivity contribution in [2.75, 3.05) is 51.4 Å². The van der Waals surface area contributed by atoms with Crippen LogP contribution in [-0.2, 0) is 17.8 Å². The Bertz CT molecular complexity index is 1550. The topological polar surface area (TPSA) is 118 Å².